The number of esters is 1. The number of nitrogens with zero attached hydrogens (tertiary/aromatic N) is 2. The summed E-state index contributed by atoms with van der Waals surface area (Å²) in [6.45, 7) is 1.87. The summed E-state index contributed by atoms with van der Waals surface area (Å²) in [6.07, 6.45) is 2.89. The highest BCUT2D eigenvalue weighted by molar-refractivity contribution is 6.30. The molecule has 2 heterocycles. The Morgan fingerprint density at radius 2 is 2.27 bits per heavy atom. The molecule has 0 fully saturated rings. The number of carbonyl (C=O) groups excluding carboxylic acids is 1. The van der Waals surface area contributed by atoms with Gasteiger partial charge in [-0.2, -0.15) is 9.61 Å². The molecule has 0 aliphatic rings. The van der Waals surface area contributed by atoms with E-state index in [1.165, 1.54) is 6.20 Å². The van der Waals surface area contributed by atoms with Gasteiger partial charge in [-0.15, -0.1) is 0 Å². The van der Waals surface area contributed by atoms with Gasteiger partial charge in [0.1, 0.15) is 11.2 Å². The molecule has 0 saturated carbocycles. The van der Waals surface area contributed by atoms with Gasteiger partial charge in [-0.25, -0.2) is 4.79 Å². The number of rotatable bonds is 3. The monoisotopic (exact) mass is 317 g/mol. The van der Waals surface area contributed by atoms with E-state index in [0.29, 0.717) is 10.7 Å². The van der Waals surface area contributed by atoms with Crippen LogP contribution in [0.2, 0.25) is 5.02 Å². The number of aromatic amines is 1. The van der Waals surface area contributed by atoms with E-state index in [1.54, 1.807) is 25.3 Å². The average molecular weight is 318 g/mol. The molecule has 7 heteroatoms. The van der Waals surface area contributed by atoms with Gasteiger partial charge in [-0.1, -0.05) is 23.7 Å². The van der Waals surface area contributed by atoms with Crippen molar-refractivity contribution in [2.75, 3.05) is 6.61 Å². The molecule has 112 valence electrons. The fourth-order valence-electron chi connectivity index (χ4n) is 2.18. The number of nitrogens with one attached hydrogen (secondary N) is 1. The van der Waals surface area contributed by atoms with Crippen molar-refractivity contribution in [1.29, 1.82) is 0 Å². The van der Waals surface area contributed by atoms with Crippen molar-refractivity contribution in [3.63, 3.8) is 0 Å². The molecule has 1 aromatic carbocycles. The Morgan fingerprint density at radius 1 is 1.45 bits per heavy atom. The van der Waals surface area contributed by atoms with Gasteiger partial charge in [-0.3, -0.25) is 4.79 Å². The fraction of sp³-hybridized carbons (Fsp3) is 0.133. The highest BCUT2D eigenvalue weighted by Crippen LogP contribution is 2.25. The maximum atomic E-state index is 12.3. The first-order valence-corrected chi connectivity index (χ1v) is 7.02. The first-order valence-electron chi connectivity index (χ1n) is 6.64. The van der Waals surface area contributed by atoms with Crippen molar-refractivity contribution < 1.29 is 9.53 Å². The molecule has 0 amide bonds. The first-order chi connectivity index (χ1) is 10.6. The van der Waals surface area contributed by atoms with E-state index >= 15 is 0 Å². The number of benzene rings is 1. The normalized spacial score (nSPS) is 10.8. The predicted molar refractivity (Wildman–Crippen MR) is 82.2 cm³/mol. The van der Waals surface area contributed by atoms with E-state index < -0.39 is 11.5 Å². The summed E-state index contributed by atoms with van der Waals surface area (Å²) in [6, 6.07) is 7.21. The molecule has 6 nitrogen and oxygen atoms in total. The van der Waals surface area contributed by atoms with Crippen LogP contribution >= 0.6 is 11.6 Å². The smallest absolute Gasteiger partial charge is 0.345 e. The number of ether oxygens (including phenoxy) is 1. The molecule has 0 aliphatic carbocycles. The van der Waals surface area contributed by atoms with Gasteiger partial charge in [0.2, 0.25) is 0 Å². The van der Waals surface area contributed by atoms with Crippen molar-refractivity contribution in [2.45, 2.75) is 6.92 Å². The molecule has 0 bridgehead atoms. The van der Waals surface area contributed by atoms with Crippen LogP contribution in [0.25, 0.3) is 16.8 Å². The summed E-state index contributed by atoms with van der Waals surface area (Å²) in [7, 11) is 0. The lowest BCUT2D eigenvalue weighted by Gasteiger charge is -2.03. The fourth-order valence-corrected chi connectivity index (χ4v) is 2.37. The minimum atomic E-state index is -0.676. The minimum absolute atomic E-state index is 0.0879. The van der Waals surface area contributed by atoms with E-state index in [2.05, 4.69) is 10.1 Å². The summed E-state index contributed by atoms with van der Waals surface area (Å²) in [4.78, 5) is 27.0. The second-order valence-corrected chi connectivity index (χ2v) is 4.99. The second kappa shape index (κ2) is 5.65. The lowest BCUT2D eigenvalue weighted by molar-refractivity contribution is 0.0523. The van der Waals surface area contributed by atoms with Gasteiger partial charge in [0, 0.05) is 16.8 Å². The van der Waals surface area contributed by atoms with E-state index in [0.717, 1.165) is 15.6 Å². The number of hydrogen-bond donors (Lipinski definition) is 1. The summed E-state index contributed by atoms with van der Waals surface area (Å²) in [5.74, 6) is -0.676. The predicted octanol–water partition coefficient (Wildman–Crippen LogP) is 2.52. The molecule has 0 unspecified atom stereocenters. The third kappa shape index (κ3) is 2.37. The number of aromatic nitrogens is 3. The van der Waals surface area contributed by atoms with Crippen LogP contribution in [0, 0.1) is 0 Å². The summed E-state index contributed by atoms with van der Waals surface area (Å²) >= 11 is 5.99. The largest absolute Gasteiger partial charge is 0.462 e. The topological polar surface area (TPSA) is 76.5 Å². The highest BCUT2D eigenvalue weighted by atomic mass is 35.5. The maximum Gasteiger partial charge on any atom is 0.345 e. The molecule has 3 rings (SSSR count). The molecule has 2 aromatic heterocycles. The first kappa shape index (κ1) is 14.3. The number of hydrogen-bond acceptors (Lipinski definition) is 4. The van der Waals surface area contributed by atoms with Gasteiger partial charge in [0.25, 0.3) is 5.56 Å². The van der Waals surface area contributed by atoms with Crippen LogP contribution in [-0.2, 0) is 4.74 Å². The molecule has 0 spiro atoms. The lowest BCUT2D eigenvalue weighted by atomic mass is 10.1. The van der Waals surface area contributed by atoms with Crippen molar-refractivity contribution >= 4 is 23.2 Å². The quantitative estimate of drug-likeness (QED) is 0.753. The van der Waals surface area contributed by atoms with Crippen LogP contribution < -0.4 is 5.56 Å². The van der Waals surface area contributed by atoms with Crippen LogP contribution in [0.15, 0.2) is 41.5 Å². The van der Waals surface area contributed by atoms with Gasteiger partial charge in [0.05, 0.1) is 12.8 Å². The SMILES string of the molecule is CCOC(=O)c1c[nH]c2c(-c3cccc(Cl)c3)cnn2c1=O. The summed E-state index contributed by atoms with van der Waals surface area (Å²) in [5.41, 5.74) is 1.41. The molecule has 0 atom stereocenters. The zero-order valence-electron chi connectivity index (χ0n) is 11.7. The van der Waals surface area contributed by atoms with Gasteiger partial charge in [0.15, 0.2) is 0 Å². The number of fused-ring (bicyclic) bond motifs is 1. The third-order valence-electron chi connectivity index (χ3n) is 3.18. The van der Waals surface area contributed by atoms with Crippen LogP contribution in [-0.4, -0.2) is 27.2 Å². The van der Waals surface area contributed by atoms with E-state index in [4.69, 9.17) is 16.3 Å². The van der Waals surface area contributed by atoms with Crippen LogP contribution in [0.5, 0.6) is 0 Å². The van der Waals surface area contributed by atoms with Crippen LogP contribution in [0.4, 0.5) is 0 Å². The molecule has 0 radical (unpaired) electrons. The second-order valence-electron chi connectivity index (χ2n) is 4.56. The van der Waals surface area contributed by atoms with E-state index in [-0.39, 0.29) is 12.2 Å². The number of H-pyrrole nitrogens is 1. The molecule has 3 aromatic rings. The van der Waals surface area contributed by atoms with E-state index in [1.807, 2.05) is 12.1 Å². The third-order valence-corrected chi connectivity index (χ3v) is 3.41. The Morgan fingerprint density at radius 3 is 3.00 bits per heavy atom. The van der Waals surface area contributed by atoms with Crippen molar-refractivity contribution in [3.05, 3.63) is 57.6 Å². The lowest BCUT2D eigenvalue weighted by Crippen LogP contribution is -2.24. The van der Waals surface area contributed by atoms with Crippen LogP contribution in [0.1, 0.15) is 17.3 Å². The van der Waals surface area contributed by atoms with Gasteiger partial charge in [-0.05, 0) is 24.6 Å². The average Bonchev–Trinajstić information content (AvgIpc) is 2.92. The summed E-state index contributed by atoms with van der Waals surface area (Å²) < 4.78 is 5.99. The Bertz CT molecular complexity index is 914. The summed E-state index contributed by atoms with van der Waals surface area (Å²) in [5, 5.41) is 4.63. The maximum absolute atomic E-state index is 12.3. The Labute approximate surface area is 130 Å². The minimum Gasteiger partial charge on any atom is -0.462 e. The van der Waals surface area contributed by atoms with Crippen molar-refractivity contribution in [1.82, 2.24) is 14.6 Å². The molecule has 22 heavy (non-hydrogen) atoms. The van der Waals surface area contributed by atoms with Gasteiger partial charge < -0.3 is 9.72 Å². The molecule has 0 aliphatic heterocycles. The number of carbonyl (C=O) groups is 1. The Hall–Kier alpha value is -2.60. The standard InChI is InChI=1S/C15H12ClN3O3/c1-2-22-15(21)12-7-17-13-11(8-18-19(13)14(12)20)9-4-3-5-10(16)6-9/h3-8,17H,2H2,1H3. The van der Waals surface area contributed by atoms with Crippen LogP contribution in [0.3, 0.4) is 0 Å². The molecule has 0 saturated heterocycles. The van der Waals surface area contributed by atoms with Gasteiger partial charge >= 0.3 is 5.97 Å². The Kier molecular flexibility index (Phi) is 3.68. The molecule has 1 N–H and O–H groups in total. The van der Waals surface area contributed by atoms with Crippen molar-refractivity contribution in [3.8, 4) is 11.1 Å². The Balaban J connectivity index is 2.16. The van der Waals surface area contributed by atoms with E-state index in [9.17, 15) is 9.59 Å². The molecular weight excluding hydrogens is 306 g/mol. The zero-order chi connectivity index (χ0) is 15.7. The zero-order valence-corrected chi connectivity index (χ0v) is 12.4. The number of halogens is 1. The van der Waals surface area contributed by atoms with Crippen molar-refractivity contribution in [2.24, 2.45) is 0 Å². The highest BCUT2D eigenvalue weighted by Gasteiger charge is 2.17. The molecular formula is C15H12ClN3O3.